The van der Waals surface area contributed by atoms with Gasteiger partial charge in [-0.05, 0) is 96.4 Å². The highest BCUT2D eigenvalue weighted by Gasteiger charge is 2.19. The van der Waals surface area contributed by atoms with Gasteiger partial charge in [0.2, 0.25) is 5.91 Å². The molecule has 0 aliphatic heterocycles. The summed E-state index contributed by atoms with van der Waals surface area (Å²) in [5.41, 5.74) is 5.49. The molecule has 0 aromatic heterocycles. The van der Waals surface area contributed by atoms with Crippen molar-refractivity contribution in [3.05, 3.63) is 48.6 Å². The van der Waals surface area contributed by atoms with Crippen molar-refractivity contribution in [2.75, 3.05) is 6.54 Å². The molecule has 0 fully saturated rings. The Bertz CT molecular complexity index is 1000. The number of amides is 1. The number of carboxylic acids is 1. The number of carbonyl (C=O) groups is 3. The molecular formula is C48H86N2O5. The Morgan fingerprint density at radius 2 is 1.00 bits per heavy atom. The third-order valence-corrected chi connectivity index (χ3v) is 10.2. The van der Waals surface area contributed by atoms with Gasteiger partial charge in [0, 0.05) is 12.8 Å². The van der Waals surface area contributed by atoms with Crippen LogP contribution < -0.4 is 11.1 Å². The fourth-order valence-electron chi connectivity index (χ4n) is 6.74. The highest BCUT2D eigenvalue weighted by molar-refractivity contribution is 5.83. The van der Waals surface area contributed by atoms with Crippen molar-refractivity contribution in [1.29, 1.82) is 0 Å². The van der Waals surface area contributed by atoms with E-state index in [-0.39, 0.29) is 18.0 Å². The summed E-state index contributed by atoms with van der Waals surface area (Å²) >= 11 is 0. The first-order valence-electron chi connectivity index (χ1n) is 23.0. The molecule has 7 nitrogen and oxygen atoms in total. The Morgan fingerprint density at radius 3 is 1.49 bits per heavy atom. The molecule has 0 aliphatic carbocycles. The third kappa shape index (κ3) is 39.4. The zero-order chi connectivity index (χ0) is 40.3. The lowest BCUT2D eigenvalue weighted by molar-refractivity contribution is -0.150. The molecule has 0 aromatic rings. The minimum absolute atomic E-state index is 0.00795. The standard InChI is InChI=1S/C48H86N2O5/c1-3-5-7-9-11-13-15-17-19-21-23-25-27-32-36-42-47(52)55-44(38-33-29-26-24-22-20-18-16-14-12-10-8-6-4-2)39-34-30-28-31-35-41-46(51)50-45(48(53)54)40-37-43-49/h5,7,11,13,17,19,23,25,44-45H,3-4,6,8-10,12,14-16,18,20-22,24,26-43,49H2,1-2H3,(H,50,51)(H,53,54)/b7-5-,13-11-,19-17-,25-23-. The largest absolute Gasteiger partial charge is 0.480 e. The zero-order valence-electron chi connectivity index (χ0n) is 35.8. The van der Waals surface area contributed by atoms with Gasteiger partial charge in [-0.1, -0.05) is 165 Å². The van der Waals surface area contributed by atoms with Gasteiger partial charge >= 0.3 is 11.9 Å². The molecule has 2 unspecified atom stereocenters. The minimum Gasteiger partial charge on any atom is -0.480 e. The normalized spacial score (nSPS) is 13.1. The Labute approximate surface area is 338 Å². The predicted molar refractivity (Wildman–Crippen MR) is 234 cm³/mol. The zero-order valence-corrected chi connectivity index (χ0v) is 35.8. The average molecular weight is 771 g/mol. The van der Waals surface area contributed by atoms with Crippen LogP contribution in [0, 0.1) is 0 Å². The van der Waals surface area contributed by atoms with Gasteiger partial charge in [0.05, 0.1) is 0 Å². The average Bonchev–Trinajstić information content (AvgIpc) is 3.17. The minimum atomic E-state index is -1.01. The van der Waals surface area contributed by atoms with Gasteiger partial charge in [-0.3, -0.25) is 9.59 Å². The van der Waals surface area contributed by atoms with Crippen molar-refractivity contribution in [2.45, 2.75) is 231 Å². The molecular weight excluding hydrogens is 685 g/mol. The van der Waals surface area contributed by atoms with E-state index in [4.69, 9.17) is 10.5 Å². The number of nitrogens with two attached hydrogens (primary N) is 1. The molecule has 4 N–H and O–H groups in total. The van der Waals surface area contributed by atoms with Crippen molar-refractivity contribution < 1.29 is 24.2 Å². The first kappa shape index (κ1) is 52.3. The van der Waals surface area contributed by atoms with Crippen molar-refractivity contribution >= 4 is 17.8 Å². The van der Waals surface area contributed by atoms with Gasteiger partial charge in [-0.15, -0.1) is 0 Å². The summed E-state index contributed by atoms with van der Waals surface area (Å²) < 4.78 is 6.04. The van der Waals surface area contributed by atoms with Crippen LogP contribution in [-0.4, -0.2) is 41.6 Å². The predicted octanol–water partition coefficient (Wildman–Crippen LogP) is 13.2. The van der Waals surface area contributed by atoms with E-state index in [1.807, 2.05) is 0 Å². The second-order valence-electron chi connectivity index (χ2n) is 15.4. The Kier molecular flexibility index (Phi) is 40.4. The topological polar surface area (TPSA) is 119 Å². The second kappa shape index (κ2) is 42.5. The number of esters is 1. The number of allylic oxidation sites excluding steroid dienone is 8. The van der Waals surface area contributed by atoms with Crippen LogP contribution in [-0.2, 0) is 19.1 Å². The molecule has 1 amide bonds. The van der Waals surface area contributed by atoms with Crippen LogP contribution in [0.4, 0.5) is 0 Å². The number of unbranched alkanes of at least 4 members (excludes halogenated alkanes) is 19. The molecule has 318 valence electrons. The van der Waals surface area contributed by atoms with E-state index in [1.54, 1.807) is 0 Å². The van der Waals surface area contributed by atoms with Crippen LogP contribution in [0.2, 0.25) is 0 Å². The van der Waals surface area contributed by atoms with E-state index in [2.05, 4.69) is 67.8 Å². The number of rotatable bonds is 41. The summed E-state index contributed by atoms with van der Waals surface area (Å²) in [6.45, 7) is 4.84. The third-order valence-electron chi connectivity index (χ3n) is 10.2. The number of aliphatic carboxylic acids is 1. The van der Waals surface area contributed by atoms with Crippen LogP contribution in [0.3, 0.4) is 0 Å². The lowest BCUT2D eigenvalue weighted by atomic mass is 10.0. The summed E-state index contributed by atoms with van der Waals surface area (Å²) in [5.74, 6) is -1.27. The number of carboxylic acid groups (broad SMARTS) is 1. The van der Waals surface area contributed by atoms with Crippen LogP contribution in [0.25, 0.3) is 0 Å². The van der Waals surface area contributed by atoms with Gasteiger partial charge in [-0.25, -0.2) is 4.79 Å². The van der Waals surface area contributed by atoms with Crippen molar-refractivity contribution in [3.63, 3.8) is 0 Å². The number of nitrogens with one attached hydrogen (secondary N) is 1. The van der Waals surface area contributed by atoms with Crippen molar-refractivity contribution in [1.82, 2.24) is 5.32 Å². The van der Waals surface area contributed by atoms with Gasteiger partial charge in [0.1, 0.15) is 12.1 Å². The van der Waals surface area contributed by atoms with Gasteiger partial charge in [0.25, 0.3) is 0 Å². The monoisotopic (exact) mass is 771 g/mol. The molecule has 0 spiro atoms. The van der Waals surface area contributed by atoms with Crippen molar-refractivity contribution in [2.24, 2.45) is 5.73 Å². The number of hydrogen-bond donors (Lipinski definition) is 3. The molecule has 0 aliphatic rings. The van der Waals surface area contributed by atoms with Crippen LogP contribution in [0.5, 0.6) is 0 Å². The summed E-state index contributed by atoms with van der Waals surface area (Å²) in [6.07, 6.45) is 51.6. The quantitative estimate of drug-likeness (QED) is 0.0324. The van der Waals surface area contributed by atoms with Crippen LogP contribution in [0.1, 0.15) is 219 Å². The first-order chi connectivity index (χ1) is 26.9. The van der Waals surface area contributed by atoms with Gasteiger partial charge in [-0.2, -0.15) is 0 Å². The number of ether oxygens (including phenoxy) is 1. The van der Waals surface area contributed by atoms with Gasteiger partial charge < -0.3 is 20.9 Å². The fraction of sp³-hybridized carbons (Fsp3) is 0.771. The summed E-state index contributed by atoms with van der Waals surface area (Å²) in [5, 5.41) is 11.9. The highest BCUT2D eigenvalue weighted by Crippen LogP contribution is 2.19. The van der Waals surface area contributed by atoms with E-state index < -0.39 is 12.0 Å². The molecule has 0 saturated heterocycles. The maximum Gasteiger partial charge on any atom is 0.326 e. The molecule has 0 radical (unpaired) electrons. The maximum absolute atomic E-state index is 12.8. The second-order valence-corrected chi connectivity index (χ2v) is 15.4. The smallest absolute Gasteiger partial charge is 0.326 e. The Balaban J connectivity index is 4.40. The van der Waals surface area contributed by atoms with E-state index in [0.717, 1.165) is 96.3 Å². The lowest BCUT2D eigenvalue weighted by Gasteiger charge is -2.18. The Hall–Kier alpha value is -2.67. The highest BCUT2D eigenvalue weighted by atomic mass is 16.5. The molecule has 7 heteroatoms. The fourth-order valence-corrected chi connectivity index (χ4v) is 6.74. The van der Waals surface area contributed by atoms with Crippen LogP contribution in [0.15, 0.2) is 48.6 Å². The van der Waals surface area contributed by atoms with Gasteiger partial charge in [0.15, 0.2) is 0 Å². The van der Waals surface area contributed by atoms with E-state index in [1.165, 1.54) is 83.5 Å². The lowest BCUT2D eigenvalue weighted by Crippen LogP contribution is -2.40. The molecule has 2 atom stereocenters. The molecule has 0 saturated carbocycles. The summed E-state index contributed by atoms with van der Waals surface area (Å²) in [6, 6.07) is -0.860. The number of carbonyl (C=O) groups excluding carboxylic acids is 2. The SMILES string of the molecule is CC/C=C\C/C=C\C/C=C\C/C=C\CCCCC(=O)OC(CCCCCCCCCCCCCCCC)CCCCCCCC(=O)NC(CCCN)C(=O)O. The number of hydrogen-bond acceptors (Lipinski definition) is 5. The molecule has 0 bridgehead atoms. The van der Waals surface area contributed by atoms with Crippen molar-refractivity contribution in [3.8, 4) is 0 Å². The van der Waals surface area contributed by atoms with Crippen LogP contribution >= 0.6 is 0 Å². The molecule has 0 rings (SSSR count). The summed E-state index contributed by atoms with van der Waals surface area (Å²) in [7, 11) is 0. The molecule has 0 aromatic carbocycles. The molecule has 55 heavy (non-hydrogen) atoms. The van der Waals surface area contributed by atoms with E-state index >= 15 is 0 Å². The Morgan fingerprint density at radius 1 is 0.545 bits per heavy atom. The van der Waals surface area contributed by atoms with E-state index in [0.29, 0.717) is 32.2 Å². The molecule has 0 heterocycles. The van der Waals surface area contributed by atoms with E-state index in [9.17, 15) is 19.5 Å². The summed E-state index contributed by atoms with van der Waals surface area (Å²) in [4.78, 5) is 36.4. The maximum atomic E-state index is 12.8. The first-order valence-corrected chi connectivity index (χ1v) is 23.0.